The molecule has 7 heteroatoms. The number of hydrogen-bond donors (Lipinski definition) is 2. The third kappa shape index (κ3) is 4.03. The molecule has 1 heterocycles. The quantitative estimate of drug-likeness (QED) is 0.483. The minimum absolute atomic E-state index is 0.144. The minimum atomic E-state index is -0.477. The zero-order valence-corrected chi connectivity index (χ0v) is 15.7. The Morgan fingerprint density at radius 2 is 1.56 bits per heavy atom. The number of nitro groups is 1. The van der Waals surface area contributed by atoms with Crippen molar-refractivity contribution in [3.63, 3.8) is 0 Å². The van der Waals surface area contributed by atoms with E-state index < -0.39 is 4.92 Å². The second-order valence-electron chi connectivity index (χ2n) is 6.54. The van der Waals surface area contributed by atoms with Gasteiger partial charge in [-0.3, -0.25) is 10.1 Å². The van der Waals surface area contributed by atoms with Gasteiger partial charge in [-0.1, -0.05) is 23.8 Å². The summed E-state index contributed by atoms with van der Waals surface area (Å²) in [7, 11) is 0. The summed E-state index contributed by atoms with van der Waals surface area (Å²) in [6.07, 6.45) is 1.31. The van der Waals surface area contributed by atoms with Gasteiger partial charge in [0.15, 0.2) is 0 Å². The second-order valence-corrected chi connectivity index (χ2v) is 6.54. The van der Waals surface area contributed by atoms with E-state index in [-0.39, 0.29) is 17.3 Å². The average molecular weight is 363 g/mol. The Labute approximate surface area is 157 Å². The van der Waals surface area contributed by atoms with Crippen molar-refractivity contribution in [2.24, 2.45) is 0 Å². The first-order valence-corrected chi connectivity index (χ1v) is 8.53. The van der Waals surface area contributed by atoms with Gasteiger partial charge in [0.25, 0.3) is 0 Å². The van der Waals surface area contributed by atoms with Gasteiger partial charge in [-0.2, -0.15) is 0 Å². The number of rotatable bonds is 5. The van der Waals surface area contributed by atoms with Crippen molar-refractivity contribution in [3.8, 4) is 0 Å². The first kappa shape index (κ1) is 18.3. The van der Waals surface area contributed by atoms with Crippen LogP contribution < -0.4 is 10.6 Å². The van der Waals surface area contributed by atoms with Crippen molar-refractivity contribution in [2.45, 2.75) is 27.7 Å². The third-order valence-electron chi connectivity index (χ3n) is 4.41. The molecule has 3 aromatic rings. The number of nitrogens with zero attached hydrogens (tertiary/aromatic N) is 3. The van der Waals surface area contributed by atoms with Gasteiger partial charge < -0.3 is 10.6 Å². The largest absolute Gasteiger partial charge is 0.353 e. The van der Waals surface area contributed by atoms with Crippen molar-refractivity contribution in [3.05, 3.63) is 75.1 Å². The fraction of sp³-hybridized carbons (Fsp3) is 0.200. The number of nitrogens with one attached hydrogen (secondary N) is 2. The molecule has 0 aliphatic carbocycles. The van der Waals surface area contributed by atoms with Gasteiger partial charge >= 0.3 is 5.69 Å². The van der Waals surface area contributed by atoms with Gasteiger partial charge in [0.05, 0.1) is 4.92 Å². The molecule has 0 bridgehead atoms. The molecule has 27 heavy (non-hydrogen) atoms. The minimum Gasteiger partial charge on any atom is -0.334 e. The lowest BCUT2D eigenvalue weighted by Gasteiger charge is -2.12. The summed E-state index contributed by atoms with van der Waals surface area (Å²) in [4.78, 5) is 19.4. The van der Waals surface area contributed by atoms with E-state index in [2.05, 4.69) is 20.6 Å². The zero-order valence-electron chi connectivity index (χ0n) is 15.7. The van der Waals surface area contributed by atoms with E-state index in [0.29, 0.717) is 0 Å². The normalized spacial score (nSPS) is 10.5. The standard InChI is InChI=1S/C20H21N5O2/c1-12-5-8-17(15(4)9-12)24-20-18(25(26)27)19(21-11-22-20)23-16-7-6-13(2)14(3)10-16/h5-11H,1-4H3,(H2,21,22,23,24). The first-order chi connectivity index (χ1) is 12.8. The molecule has 0 atom stereocenters. The maximum Gasteiger partial charge on any atom is 0.353 e. The highest BCUT2D eigenvalue weighted by Gasteiger charge is 2.23. The predicted octanol–water partition coefficient (Wildman–Crippen LogP) is 5.11. The summed E-state index contributed by atoms with van der Waals surface area (Å²) >= 11 is 0. The lowest BCUT2D eigenvalue weighted by molar-refractivity contribution is -0.383. The molecule has 0 aliphatic rings. The Kier molecular flexibility index (Phi) is 5.03. The molecule has 0 unspecified atom stereocenters. The molecule has 138 valence electrons. The fourth-order valence-corrected chi connectivity index (χ4v) is 2.77. The molecule has 0 saturated carbocycles. The Morgan fingerprint density at radius 1 is 0.852 bits per heavy atom. The van der Waals surface area contributed by atoms with E-state index in [1.165, 1.54) is 6.33 Å². The van der Waals surface area contributed by atoms with Crippen molar-refractivity contribution < 1.29 is 4.92 Å². The van der Waals surface area contributed by atoms with Gasteiger partial charge in [0.2, 0.25) is 11.6 Å². The van der Waals surface area contributed by atoms with Crippen LogP contribution in [0.4, 0.5) is 28.7 Å². The summed E-state index contributed by atoms with van der Waals surface area (Å²) in [6.45, 7) is 7.94. The number of aromatic nitrogens is 2. The Bertz CT molecular complexity index is 1020. The highest BCUT2D eigenvalue weighted by atomic mass is 16.6. The van der Waals surface area contributed by atoms with E-state index in [9.17, 15) is 10.1 Å². The molecule has 2 N–H and O–H groups in total. The smallest absolute Gasteiger partial charge is 0.334 e. The number of hydrogen-bond acceptors (Lipinski definition) is 6. The maximum atomic E-state index is 11.7. The molecule has 0 saturated heterocycles. The van der Waals surface area contributed by atoms with Crippen LogP contribution in [0.1, 0.15) is 22.3 Å². The third-order valence-corrected chi connectivity index (χ3v) is 4.41. The molecule has 0 radical (unpaired) electrons. The maximum absolute atomic E-state index is 11.7. The van der Waals surface area contributed by atoms with Crippen molar-refractivity contribution in [1.29, 1.82) is 0 Å². The summed E-state index contributed by atoms with van der Waals surface area (Å²) < 4.78 is 0. The Balaban J connectivity index is 1.99. The van der Waals surface area contributed by atoms with Gasteiger partial charge in [0.1, 0.15) is 6.33 Å². The molecule has 0 fully saturated rings. The molecular formula is C20H21N5O2. The van der Waals surface area contributed by atoms with Gasteiger partial charge in [-0.05, 0) is 62.6 Å². The lowest BCUT2D eigenvalue weighted by Crippen LogP contribution is -2.06. The lowest BCUT2D eigenvalue weighted by atomic mass is 10.1. The van der Waals surface area contributed by atoms with Crippen LogP contribution in [-0.2, 0) is 0 Å². The van der Waals surface area contributed by atoms with E-state index in [4.69, 9.17) is 0 Å². The van der Waals surface area contributed by atoms with E-state index in [0.717, 1.165) is 33.6 Å². The van der Waals surface area contributed by atoms with Crippen LogP contribution in [0.3, 0.4) is 0 Å². The topological polar surface area (TPSA) is 93.0 Å². The first-order valence-electron chi connectivity index (χ1n) is 8.53. The van der Waals surface area contributed by atoms with Crippen LogP contribution in [0, 0.1) is 37.8 Å². The van der Waals surface area contributed by atoms with Crippen LogP contribution >= 0.6 is 0 Å². The Hall–Kier alpha value is -3.48. The van der Waals surface area contributed by atoms with Crippen LogP contribution in [0.15, 0.2) is 42.7 Å². The van der Waals surface area contributed by atoms with Gasteiger partial charge in [-0.15, -0.1) is 0 Å². The molecule has 0 spiro atoms. The summed E-state index contributed by atoms with van der Waals surface area (Å²) in [5.41, 5.74) is 5.63. The summed E-state index contributed by atoms with van der Waals surface area (Å²) in [5, 5.41) is 17.8. The monoisotopic (exact) mass is 363 g/mol. The fourth-order valence-electron chi connectivity index (χ4n) is 2.77. The van der Waals surface area contributed by atoms with Crippen LogP contribution in [0.2, 0.25) is 0 Å². The highest BCUT2D eigenvalue weighted by molar-refractivity contribution is 5.77. The summed E-state index contributed by atoms with van der Waals surface area (Å²) in [5.74, 6) is 0.291. The van der Waals surface area contributed by atoms with Crippen LogP contribution in [0.25, 0.3) is 0 Å². The molecule has 0 aliphatic heterocycles. The van der Waals surface area contributed by atoms with E-state index in [1.807, 2.05) is 64.1 Å². The molecule has 7 nitrogen and oxygen atoms in total. The number of anilines is 4. The Morgan fingerprint density at radius 3 is 2.19 bits per heavy atom. The van der Waals surface area contributed by atoms with Crippen LogP contribution in [0.5, 0.6) is 0 Å². The second kappa shape index (κ2) is 7.41. The molecule has 0 amide bonds. The van der Waals surface area contributed by atoms with E-state index in [1.54, 1.807) is 0 Å². The van der Waals surface area contributed by atoms with Crippen molar-refractivity contribution in [2.75, 3.05) is 10.6 Å². The predicted molar refractivity (Wildman–Crippen MR) is 107 cm³/mol. The highest BCUT2D eigenvalue weighted by Crippen LogP contribution is 2.34. The molecule has 1 aromatic heterocycles. The number of benzene rings is 2. The summed E-state index contributed by atoms with van der Waals surface area (Å²) in [6, 6.07) is 11.6. The van der Waals surface area contributed by atoms with Crippen molar-refractivity contribution in [1.82, 2.24) is 9.97 Å². The number of aryl methyl sites for hydroxylation is 4. The van der Waals surface area contributed by atoms with Crippen molar-refractivity contribution >= 4 is 28.7 Å². The van der Waals surface area contributed by atoms with Crippen LogP contribution in [-0.4, -0.2) is 14.9 Å². The average Bonchev–Trinajstić information content (AvgIpc) is 2.60. The van der Waals surface area contributed by atoms with Gasteiger partial charge in [-0.25, -0.2) is 9.97 Å². The molecule has 2 aromatic carbocycles. The van der Waals surface area contributed by atoms with Gasteiger partial charge in [0, 0.05) is 11.4 Å². The molecular weight excluding hydrogens is 342 g/mol. The SMILES string of the molecule is Cc1ccc(Nc2ncnc(Nc3ccc(C)c(C)c3)c2[N+](=O)[O-])c(C)c1. The molecule has 3 rings (SSSR count). The zero-order chi connectivity index (χ0) is 19.6. The van der Waals surface area contributed by atoms with E-state index >= 15 is 0 Å².